The summed E-state index contributed by atoms with van der Waals surface area (Å²) >= 11 is 0. The first-order chi connectivity index (χ1) is 10.8. The number of carbonyl (C=O) groups excluding carboxylic acids is 1. The molecule has 1 amide bonds. The van der Waals surface area contributed by atoms with Crippen LogP contribution in [0.1, 0.15) is 24.0 Å². The average Bonchev–Trinajstić information content (AvgIpc) is 3.03. The van der Waals surface area contributed by atoms with E-state index in [0.717, 1.165) is 37.2 Å². The summed E-state index contributed by atoms with van der Waals surface area (Å²) in [5, 5.41) is 6.40. The van der Waals surface area contributed by atoms with Gasteiger partial charge in [-0.05, 0) is 49.0 Å². The van der Waals surface area contributed by atoms with Crippen LogP contribution in [-0.2, 0) is 11.2 Å². The molecular formula is C19H22N2O. The number of nitrogens with one attached hydrogen (secondary N) is 2. The van der Waals surface area contributed by atoms with Crippen LogP contribution >= 0.6 is 0 Å². The Morgan fingerprint density at radius 1 is 1.09 bits per heavy atom. The molecule has 0 bridgehead atoms. The Morgan fingerprint density at radius 3 is 2.64 bits per heavy atom. The van der Waals surface area contributed by atoms with Gasteiger partial charge in [0.25, 0.3) is 0 Å². The van der Waals surface area contributed by atoms with Gasteiger partial charge >= 0.3 is 0 Å². The predicted octanol–water partition coefficient (Wildman–Crippen LogP) is 3.22. The maximum atomic E-state index is 12.2. The third-order valence-corrected chi connectivity index (χ3v) is 4.17. The van der Waals surface area contributed by atoms with Crippen molar-refractivity contribution >= 4 is 11.6 Å². The molecule has 1 heterocycles. The van der Waals surface area contributed by atoms with Gasteiger partial charge in [-0.15, -0.1) is 0 Å². The van der Waals surface area contributed by atoms with Gasteiger partial charge in [0.15, 0.2) is 0 Å². The molecule has 22 heavy (non-hydrogen) atoms. The van der Waals surface area contributed by atoms with Gasteiger partial charge in [-0.3, -0.25) is 4.79 Å². The number of benzene rings is 2. The van der Waals surface area contributed by atoms with E-state index >= 15 is 0 Å². The summed E-state index contributed by atoms with van der Waals surface area (Å²) in [7, 11) is 0. The van der Waals surface area contributed by atoms with E-state index in [1.165, 1.54) is 5.56 Å². The van der Waals surface area contributed by atoms with E-state index in [9.17, 15) is 4.79 Å². The second kappa shape index (κ2) is 7.23. The van der Waals surface area contributed by atoms with Crippen LogP contribution in [0.4, 0.5) is 5.69 Å². The summed E-state index contributed by atoms with van der Waals surface area (Å²) in [5.74, 6) is 0.593. The van der Waals surface area contributed by atoms with Crippen molar-refractivity contribution in [3.05, 3.63) is 65.7 Å². The summed E-state index contributed by atoms with van der Waals surface area (Å²) in [6, 6.07) is 18.4. The summed E-state index contributed by atoms with van der Waals surface area (Å²) in [6.45, 7) is 1.99. The molecule has 114 valence electrons. The molecule has 1 unspecified atom stereocenters. The topological polar surface area (TPSA) is 41.1 Å². The fourth-order valence-electron chi connectivity index (χ4n) is 2.96. The molecule has 1 aliphatic heterocycles. The molecule has 0 saturated carbocycles. The maximum Gasteiger partial charge on any atom is 0.224 e. The molecule has 1 atom stereocenters. The highest BCUT2D eigenvalue weighted by molar-refractivity contribution is 5.91. The lowest BCUT2D eigenvalue weighted by atomic mass is 10.0. The normalized spacial score (nSPS) is 17.4. The number of rotatable bonds is 5. The zero-order valence-corrected chi connectivity index (χ0v) is 12.7. The zero-order chi connectivity index (χ0) is 15.2. The van der Waals surface area contributed by atoms with Crippen molar-refractivity contribution < 1.29 is 4.79 Å². The Balaban J connectivity index is 1.66. The highest BCUT2D eigenvalue weighted by atomic mass is 16.1. The molecule has 0 aliphatic carbocycles. The van der Waals surface area contributed by atoms with Crippen LogP contribution in [0.15, 0.2) is 54.6 Å². The molecule has 2 aromatic rings. The van der Waals surface area contributed by atoms with Gasteiger partial charge in [0, 0.05) is 12.1 Å². The summed E-state index contributed by atoms with van der Waals surface area (Å²) in [5.41, 5.74) is 3.35. The standard InChI is InChI=1S/C19H22N2O/c22-19(13-16-10-11-20-14-16)21-18-9-5-4-8-17(18)12-15-6-2-1-3-7-15/h1-9,16,20H,10-14H2,(H,21,22). The molecule has 0 aromatic heterocycles. The van der Waals surface area contributed by atoms with E-state index in [4.69, 9.17) is 0 Å². The lowest BCUT2D eigenvalue weighted by molar-refractivity contribution is -0.116. The molecule has 1 aliphatic rings. The minimum Gasteiger partial charge on any atom is -0.326 e. The molecule has 3 rings (SSSR count). The Bertz CT molecular complexity index is 618. The van der Waals surface area contributed by atoms with Crippen molar-refractivity contribution in [1.29, 1.82) is 0 Å². The van der Waals surface area contributed by atoms with E-state index in [1.54, 1.807) is 0 Å². The quantitative estimate of drug-likeness (QED) is 0.889. The molecular weight excluding hydrogens is 272 g/mol. The van der Waals surface area contributed by atoms with Crippen LogP contribution in [0, 0.1) is 5.92 Å². The maximum absolute atomic E-state index is 12.2. The SMILES string of the molecule is O=C(CC1CCNC1)Nc1ccccc1Cc1ccccc1. The highest BCUT2D eigenvalue weighted by Gasteiger charge is 2.18. The van der Waals surface area contributed by atoms with Gasteiger partial charge in [-0.2, -0.15) is 0 Å². The van der Waals surface area contributed by atoms with Gasteiger partial charge in [0.05, 0.1) is 0 Å². The summed E-state index contributed by atoms with van der Waals surface area (Å²) in [6.07, 6.45) is 2.54. The van der Waals surface area contributed by atoms with Crippen LogP contribution in [0.3, 0.4) is 0 Å². The monoisotopic (exact) mass is 294 g/mol. The highest BCUT2D eigenvalue weighted by Crippen LogP contribution is 2.20. The number of hydrogen-bond donors (Lipinski definition) is 2. The second-order valence-corrected chi connectivity index (χ2v) is 5.93. The number of para-hydroxylation sites is 1. The zero-order valence-electron chi connectivity index (χ0n) is 12.7. The molecule has 2 N–H and O–H groups in total. The van der Waals surface area contributed by atoms with E-state index in [-0.39, 0.29) is 5.91 Å². The van der Waals surface area contributed by atoms with Crippen molar-refractivity contribution in [1.82, 2.24) is 5.32 Å². The van der Waals surface area contributed by atoms with Crippen LogP contribution < -0.4 is 10.6 Å². The van der Waals surface area contributed by atoms with Gasteiger partial charge in [0.1, 0.15) is 0 Å². The first-order valence-corrected chi connectivity index (χ1v) is 7.93. The average molecular weight is 294 g/mol. The molecule has 1 fully saturated rings. The van der Waals surface area contributed by atoms with E-state index in [1.807, 2.05) is 36.4 Å². The van der Waals surface area contributed by atoms with E-state index < -0.39 is 0 Å². The Hall–Kier alpha value is -2.13. The van der Waals surface area contributed by atoms with Crippen molar-refractivity contribution in [3.8, 4) is 0 Å². The number of carbonyl (C=O) groups is 1. The molecule has 1 saturated heterocycles. The lowest BCUT2D eigenvalue weighted by Gasteiger charge is -2.13. The Morgan fingerprint density at radius 2 is 1.86 bits per heavy atom. The molecule has 2 aromatic carbocycles. The van der Waals surface area contributed by atoms with Crippen LogP contribution in [-0.4, -0.2) is 19.0 Å². The van der Waals surface area contributed by atoms with E-state index in [2.05, 4.69) is 28.8 Å². The van der Waals surface area contributed by atoms with Crippen molar-refractivity contribution in [2.75, 3.05) is 18.4 Å². The summed E-state index contributed by atoms with van der Waals surface area (Å²) < 4.78 is 0. The van der Waals surface area contributed by atoms with E-state index in [0.29, 0.717) is 12.3 Å². The number of amides is 1. The smallest absolute Gasteiger partial charge is 0.224 e. The minimum absolute atomic E-state index is 0.120. The fourth-order valence-corrected chi connectivity index (χ4v) is 2.96. The molecule has 0 spiro atoms. The van der Waals surface area contributed by atoms with Crippen molar-refractivity contribution in [3.63, 3.8) is 0 Å². The van der Waals surface area contributed by atoms with Gasteiger partial charge in [-0.1, -0.05) is 48.5 Å². The first-order valence-electron chi connectivity index (χ1n) is 7.93. The Kier molecular flexibility index (Phi) is 4.86. The number of anilines is 1. The molecule has 0 radical (unpaired) electrons. The van der Waals surface area contributed by atoms with Gasteiger partial charge in [-0.25, -0.2) is 0 Å². The summed E-state index contributed by atoms with van der Waals surface area (Å²) in [4.78, 5) is 12.2. The minimum atomic E-state index is 0.120. The van der Waals surface area contributed by atoms with Crippen molar-refractivity contribution in [2.45, 2.75) is 19.3 Å². The third-order valence-electron chi connectivity index (χ3n) is 4.17. The van der Waals surface area contributed by atoms with Crippen LogP contribution in [0.25, 0.3) is 0 Å². The van der Waals surface area contributed by atoms with Gasteiger partial charge in [0.2, 0.25) is 5.91 Å². The van der Waals surface area contributed by atoms with Crippen molar-refractivity contribution in [2.24, 2.45) is 5.92 Å². The lowest BCUT2D eigenvalue weighted by Crippen LogP contribution is -2.19. The molecule has 3 nitrogen and oxygen atoms in total. The first kappa shape index (κ1) is 14.8. The van der Waals surface area contributed by atoms with Gasteiger partial charge < -0.3 is 10.6 Å². The molecule has 3 heteroatoms. The fraction of sp³-hybridized carbons (Fsp3) is 0.316. The van der Waals surface area contributed by atoms with Crippen LogP contribution in [0.2, 0.25) is 0 Å². The largest absolute Gasteiger partial charge is 0.326 e. The predicted molar refractivity (Wildman–Crippen MR) is 89.9 cm³/mol. The number of hydrogen-bond acceptors (Lipinski definition) is 2. The van der Waals surface area contributed by atoms with Crippen LogP contribution in [0.5, 0.6) is 0 Å². The third kappa shape index (κ3) is 3.95. The second-order valence-electron chi connectivity index (χ2n) is 5.93. The Labute approximate surface area is 131 Å².